The molecular weight excluding hydrogens is 496 g/mol. The summed E-state index contributed by atoms with van der Waals surface area (Å²) in [5, 5.41) is 0. The van der Waals surface area contributed by atoms with E-state index in [2.05, 4.69) is 4.98 Å². The first-order valence-corrected chi connectivity index (χ1v) is 12.5. The molecule has 0 aliphatic carbocycles. The van der Waals surface area contributed by atoms with Crippen molar-refractivity contribution in [3.05, 3.63) is 62.4 Å². The highest BCUT2D eigenvalue weighted by Gasteiger charge is 2.51. The average molecular weight is 525 g/mol. The van der Waals surface area contributed by atoms with Crippen molar-refractivity contribution in [2.75, 3.05) is 6.61 Å². The van der Waals surface area contributed by atoms with Crippen molar-refractivity contribution in [3.63, 3.8) is 0 Å². The molecule has 196 valence electrons. The molecule has 12 nitrogen and oxygen atoms in total. The van der Waals surface area contributed by atoms with Crippen molar-refractivity contribution in [3.8, 4) is 0 Å². The minimum absolute atomic E-state index is 0.160. The monoisotopic (exact) mass is 524 g/mol. The standard InChI is InChI=1S/C23H28N2O10S/c1-12(2)17-10-25(23(29)24-21(17)28)22-20(33-15(5)27)19(18(34-22)11-32-14(4)26)35-36(30,31)16-8-6-13(3)7-9-16/h6-10,12,18-20,22H,11H2,1-5H3,(H,24,28,29)/t18-,19+,20-,22-/m1/s1. The number of H-pyrrole nitrogens is 1. The summed E-state index contributed by atoms with van der Waals surface area (Å²) in [6, 6.07) is 5.86. The maximum absolute atomic E-state index is 13.1. The van der Waals surface area contributed by atoms with Gasteiger partial charge in [-0.05, 0) is 25.0 Å². The highest BCUT2D eigenvalue weighted by atomic mass is 32.2. The van der Waals surface area contributed by atoms with Crippen LogP contribution in [0.3, 0.4) is 0 Å². The van der Waals surface area contributed by atoms with E-state index in [1.807, 2.05) is 0 Å². The Morgan fingerprint density at radius 2 is 1.72 bits per heavy atom. The van der Waals surface area contributed by atoms with Crippen molar-refractivity contribution in [1.82, 2.24) is 9.55 Å². The van der Waals surface area contributed by atoms with E-state index in [9.17, 15) is 27.6 Å². The first-order chi connectivity index (χ1) is 16.8. The average Bonchev–Trinajstić information content (AvgIpc) is 3.08. The molecular formula is C23H28N2O10S. The second-order valence-corrected chi connectivity index (χ2v) is 10.2. The van der Waals surface area contributed by atoms with Gasteiger partial charge in [-0.3, -0.25) is 28.1 Å². The van der Waals surface area contributed by atoms with Crippen LogP contribution in [0.25, 0.3) is 0 Å². The zero-order chi connectivity index (χ0) is 26.8. The number of nitrogens with zero attached hydrogens (tertiary/aromatic N) is 1. The van der Waals surface area contributed by atoms with Crippen LogP contribution >= 0.6 is 0 Å². The zero-order valence-electron chi connectivity index (χ0n) is 20.4. The van der Waals surface area contributed by atoms with Gasteiger partial charge in [-0.2, -0.15) is 8.42 Å². The summed E-state index contributed by atoms with van der Waals surface area (Å²) >= 11 is 0. The van der Waals surface area contributed by atoms with Crippen LogP contribution in [-0.2, 0) is 38.1 Å². The van der Waals surface area contributed by atoms with Gasteiger partial charge in [0.25, 0.3) is 15.7 Å². The maximum atomic E-state index is 13.1. The van der Waals surface area contributed by atoms with Crippen LogP contribution in [0.4, 0.5) is 0 Å². The molecule has 1 aromatic carbocycles. The Morgan fingerprint density at radius 1 is 1.08 bits per heavy atom. The third-order valence-corrected chi connectivity index (χ3v) is 6.80. The fourth-order valence-electron chi connectivity index (χ4n) is 3.71. The predicted octanol–water partition coefficient (Wildman–Crippen LogP) is 1.13. The molecule has 1 fully saturated rings. The third-order valence-electron chi connectivity index (χ3n) is 5.48. The highest BCUT2D eigenvalue weighted by Crippen LogP contribution is 2.35. The largest absolute Gasteiger partial charge is 0.463 e. The van der Waals surface area contributed by atoms with E-state index in [1.54, 1.807) is 32.9 Å². The molecule has 1 saturated heterocycles. The lowest BCUT2D eigenvalue weighted by Crippen LogP contribution is -2.43. The number of nitrogens with one attached hydrogen (secondary N) is 1. The van der Waals surface area contributed by atoms with Crippen LogP contribution in [0, 0.1) is 6.92 Å². The summed E-state index contributed by atoms with van der Waals surface area (Å²) in [5.74, 6) is -1.75. The van der Waals surface area contributed by atoms with Gasteiger partial charge < -0.3 is 14.2 Å². The van der Waals surface area contributed by atoms with Gasteiger partial charge in [-0.1, -0.05) is 31.5 Å². The number of hydrogen-bond acceptors (Lipinski definition) is 10. The number of hydrogen-bond donors (Lipinski definition) is 1. The molecule has 2 heterocycles. The van der Waals surface area contributed by atoms with Gasteiger partial charge in [0.2, 0.25) is 0 Å². The summed E-state index contributed by atoms with van der Waals surface area (Å²) in [5.41, 5.74) is -0.408. The van der Waals surface area contributed by atoms with E-state index < -0.39 is 64.5 Å². The molecule has 1 aliphatic heterocycles. The summed E-state index contributed by atoms with van der Waals surface area (Å²) < 4.78 is 48.9. The molecule has 1 aliphatic rings. The van der Waals surface area contributed by atoms with Crippen LogP contribution in [0.1, 0.15) is 51.0 Å². The van der Waals surface area contributed by atoms with E-state index in [1.165, 1.54) is 18.3 Å². The minimum atomic E-state index is -4.40. The van der Waals surface area contributed by atoms with E-state index in [-0.39, 0.29) is 16.4 Å². The molecule has 1 aromatic heterocycles. The molecule has 36 heavy (non-hydrogen) atoms. The molecule has 13 heteroatoms. The van der Waals surface area contributed by atoms with Crippen LogP contribution < -0.4 is 11.2 Å². The van der Waals surface area contributed by atoms with Crippen LogP contribution in [0.15, 0.2) is 44.9 Å². The summed E-state index contributed by atoms with van der Waals surface area (Å²) in [6.45, 7) is 7.05. The van der Waals surface area contributed by atoms with Gasteiger partial charge in [0.1, 0.15) is 18.8 Å². The van der Waals surface area contributed by atoms with Crippen LogP contribution in [0.2, 0.25) is 0 Å². The van der Waals surface area contributed by atoms with E-state index in [0.29, 0.717) is 0 Å². The molecule has 4 atom stereocenters. The van der Waals surface area contributed by atoms with E-state index in [0.717, 1.165) is 24.0 Å². The first-order valence-electron chi connectivity index (χ1n) is 11.1. The topological polar surface area (TPSA) is 160 Å². The van der Waals surface area contributed by atoms with Crippen LogP contribution in [0.5, 0.6) is 0 Å². The number of esters is 2. The Kier molecular flexibility index (Phi) is 8.16. The van der Waals surface area contributed by atoms with E-state index in [4.69, 9.17) is 18.4 Å². The van der Waals surface area contributed by atoms with Gasteiger partial charge in [-0.15, -0.1) is 0 Å². The van der Waals surface area contributed by atoms with Crippen molar-refractivity contribution in [1.29, 1.82) is 0 Å². The maximum Gasteiger partial charge on any atom is 0.330 e. The van der Waals surface area contributed by atoms with Gasteiger partial charge in [0.15, 0.2) is 12.3 Å². The summed E-state index contributed by atoms with van der Waals surface area (Å²) in [6.07, 6.45) is -4.33. The normalized spacial score (nSPS) is 21.9. The number of aryl methyl sites for hydroxylation is 1. The van der Waals surface area contributed by atoms with Crippen molar-refractivity contribution in [2.24, 2.45) is 0 Å². The molecule has 0 unspecified atom stereocenters. The molecule has 2 aromatic rings. The summed E-state index contributed by atoms with van der Waals surface area (Å²) in [7, 11) is -4.40. The predicted molar refractivity (Wildman–Crippen MR) is 125 cm³/mol. The lowest BCUT2D eigenvalue weighted by molar-refractivity contribution is -0.155. The smallest absolute Gasteiger partial charge is 0.330 e. The number of aromatic nitrogens is 2. The number of rotatable bonds is 8. The number of carbonyl (C=O) groups excluding carboxylic acids is 2. The van der Waals surface area contributed by atoms with Crippen LogP contribution in [-0.4, -0.2) is 54.8 Å². The van der Waals surface area contributed by atoms with E-state index >= 15 is 0 Å². The molecule has 0 amide bonds. The minimum Gasteiger partial charge on any atom is -0.463 e. The SMILES string of the molecule is CC(=O)OC[C@H]1O[C@@H](n2cc(C(C)C)c(=O)[nH]c2=O)[C@H](OC(C)=O)[C@H]1OS(=O)(=O)c1ccc(C)cc1. The second kappa shape index (κ2) is 10.8. The molecule has 0 bridgehead atoms. The Hall–Kier alpha value is -3.29. The second-order valence-electron chi connectivity index (χ2n) is 8.68. The molecule has 1 N–H and O–H groups in total. The molecule has 3 rings (SSSR count). The number of carbonyl (C=O) groups is 2. The Balaban J connectivity index is 2.09. The zero-order valence-corrected chi connectivity index (χ0v) is 21.2. The lowest BCUT2D eigenvalue weighted by Gasteiger charge is -2.24. The molecule has 0 spiro atoms. The van der Waals surface area contributed by atoms with Gasteiger partial charge in [0, 0.05) is 25.6 Å². The number of benzene rings is 1. The van der Waals surface area contributed by atoms with Crippen molar-refractivity contribution < 1.29 is 36.4 Å². The molecule has 0 radical (unpaired) electrons. The third kappa shape index (κ3) is 6.09. The Morgan fingerprint density at radius 3 is 2.28 bits per heavy atom. The fraction of sp³-hybridized carbons (Fsp3) is 0.478. The summed E-state index contributed by atoms with van der Waals surface area (Å²) in [4.78, 5) is 50.4. The van der Waals surface area contributed by atoms with Crippen molar-refractivity contribution in [2.45, 2.75) is 70.0 Å². The van der Waals surface area contributed by atoms with Gasteiger partial charge >= 0.3 is 17.6 Å². The Bertz CT molecular complexity index is 1340. The first kappa shape index (κ1) is 27.3. The number of ether oxygens (including phenoxy) is 3. The Labute approximate surface area is 207 Å². The van der Waals surface area contributed by atoms with Crippen molar-refractivity contribution >= 4 is 22.1 Å². The lowest BCUT2D eigenvalue weighted by atomic mass is 10.1. The van der Waals surface area contributed by atoms with Gasteiger partial charge in [-0.25, -0.2) is 4.79 Å². The fourth-order valence-corrected chi connectivity index (χ4v) is 4.81. The quantitative estimate of drug-likeness (QED) is 0.392. The highest BCUT2D eigenvalue weighted by molar-refractivity contribution is 7.86. The van der Waals surface area contributed by atoms with Gasteiger partial charge in [0.05, 0.1) is 4.90 Å². The number of aromatic amines is 1. The molecule has 0 saturated carbocycles.